The van der Waals surface area contributed by atoms with Crippen molar-refractivity contribution < 1.29 is 9.47 Å². The third-order valence-electron chi connectivity index (χ3n) is 3.43. The predicted octanol–water partition coefficient (Wildman–Crippen LogP) is 6.58. The van der Waals surface area contributed by atoms with Crippen LogP contribution < -0.4 is 9.47 Å². The van der Waals surface area contributed by atoms with Crippen LogP contribution in [0, 0.1) is 0 Å². The first-order chi connectivity index (χ1) is 11.5. The highest BCUT2D eigenvalue weighted by Gasteiger charge is 2.14. The van der Waals surface area contributed by atoms with Gasteiger partial charge in [0.15, 0.2) is 11.5 Å². The minimum Gasteiger partial charge on any atom is -0.493 e. The smallest absolute Gasteiger partial charge is 0.180 e. The Kier molecular flexibility index (Phi) is 6.79. The van der Waals surface area contributed by atoms with Crippen LogP contribution in [0.3, 0.4) is 0 Å². The highest BCUT2D eigenvalue weighted by atomic mass is 35.5. The average molecular weight is 387 g/mol. The van der Waals surface area contributed by atoms with Crippen molar-refractivity contribution in [2.75, 3.05) is 7.11 Å². The molecule has 0 N–H and O–H groups in total. The summed E-state index contributed by atoms with van der Waals surface area (Å²) in [6.07, 6.45) is 2.57. The molecule has 0 heterocycles. The number of rotatable bonds is 6. The summed E-state index contributed by atoms with van der Waals surface area (Å²) in [4.78, 5) is 4.36. The molecule has 0 unspecified atom stereocenters. The van der Waals surface area contributed by atoms with Crippen molar-refractivity contribution in [1.82, 2.24) is 0 Å². The van der Waals surface area contributed by atoms with Crippen molar-refractivity contribution in [3.8, 4) is 11.5 Å². The quantitative estimate of drug-likeness (QED) is 0.525. The second kappa shape index (κ2) is 8.61. The SMILES string of the molecule is CC[C@@H](C)Oc1c(Cl)cc(C=Nc2cccc(Cl)c2Cl)cc1OC. The molecule has 0 spiro atoms. The third-order valence-corrected chi connectivity index (χ3v) is 4.52. The summed E-state index contributed by atoms with van der Waals surface area (Å²) >= 11 is 18.5. The van der Waals surface area contributed by atoms with Gasteiger partial charge in [-0.2, -0.15) is 0 Å². The molecule has 128 valence electrons. The normalized spacial score (nSPS) is 12.4. The maximum atomic E-state index is 6.34. The number of hydrogen-bond acceptors (Lipinski definition) is 3. The first kappa shape index (κ1) is 18.9. The van der Waals surface area contributed by atoms with Gasteiger partial charge in [0.1, 0.15) is 0 Å². The zero-order valence-corrected chi connectivity index (χ0v) is 15.9. The molecule has 6 heteroatoms. The number of hydrogen-bond donors (Lipinski definition) is 0. The van der Waals surface area contributed by atoms with E-state index in [1.165, 1.54) is 0 Å². The third kappa shape index (κ3) is 4.56. The number of methoxy groups -OCH3 is 1. The van der Waals surface area contributed by atoms with Crippen LogP contribution in [-0.2, 0) is 0 Å². The molecule has 24 heavy (non-hydrogen) atoms. The van der Waals surface area contributed by atoms with Crippen LogP contribution in [0.1, 0.15) is 25.8 Å². The molecule has 1 atom stereocenters. The van der Waals surface area contributed by atoms with Gasteiger partial charge in [0.05, 0.1) is 34.0 Å². The van der Waals surface area contributed by atoms with E-state index in [9.17, 15) is 0 Å². The Morgan fingerprint density at radius 1 is 1.17 bits per heavy atom. The largest absolute Gasteiger partial charge is 0.493 e. The molecule has 0 amide bonds. The van der Waals surface area contributed by atoms with Crippen molar-refractivity contribution in [3.05, 3.63) is 51.0 Å². The van der Waals surface area contributed by atoms with Crippen molar-refractivity contribution in [2.24, 2.45) is 4.99 Å². The van der Waals surface area contributed by atoms with Crippen molar-refractivity contribution in [1.29, 1.82) is 0 Å². The van der Waals surface area contributed by atoms with Gasteiger partial charge in [0.2, 0.25) is 0 Å². The van der Waals surface area contributed by atoms with E-state index in [0.29, 0.717) is 32.3 Å². The number of benzene rings is 2. The first-order valence-electron chi connectivity index (χ1n) is 7.48. The standard InChI is InChI=1S/C18H18Cl3NO2/c1-4-11(2)24-18-14(20)8-12(9-16(18)23-3)10-22-15-7-5-6-13(19)17(15)21/h5-11H,4H2,1-3H3/t11-/m1/s1. The van der Waals surface area contributed by atoms with Gasteiger partial charge in [-0.1, -0.05) is 47.8 Å². The Bertz CT molecular complexity index is 747. The molecule has 0 bridgehead atoms. The Morgan fingerprint density at radius 3 is 2.58 bits per heavy atom. The number of ether oxygens (including phenoxy) is 2. The van der Waals surface area contributed by atoms with Gasteiger partial charge in [-0.3, -0.25) is 4.99 Å². The Morgan fingerprint density at radius 2 is 1.92 bits per heavy atom. The second-order valence-corrected chi connectivity index (χ2v) is 6.39. The van der Waals surface area contributed by atoms with Gasteiger partial charge in [0.25, 0.3) is 0 Å². The van der Waals surface area contributed by atoms with Crippen molar-refractivity contribution >= 4 is 46.7 Å². The molecule has 0 radical (unpaired) electrons. The van der Waals surface area contributed by atoms with Gasteiger partial charge < -0.3 is 9.47 Å². The summed E-state index contributed by atoms with van der Waals surface area (Å²) in [5.74, 6) is 1.09. The average Bonchev–Trinajstić information content (AvgIpc) is 2.57. The topological polar surface area (TPSA) is 30.8 Å². The lowest BCUT2D eigenvalue weighted by Crippen LogP contribution is -2.11. The van der Waals surface area contributed by atoms with Crippen LogP contribution in [0.2, 0.25) is 15.1 Å². The molecular weight excluding hydrogens is 369 g/mol. The van der Waals surface area contributed by atoms with Crippen molar-refractivity contribution in [2.45, 2.75) is 26.4 Å². The lowest BCUT2D eigenvalue weighted by Gasteiger charge is -2.17. The summed E-state index contributed by atoms with van der Waals surface area (Å²) in [5, 5.41) is 1.33. The van der Waals surface area contributed by atoms with Gasteiger partial charge in [-0.15, -0.1) is 0 Å². The molecule has 0 saturated heterocycles. The fourth-order valence-electron chi connectivity index (χ4n) is 1.95. The molecule has 3 nitrogen and oxygen atoms in total. The number of nitrogens with zero attached hydrogens (tertiary/aromatic N) is 1. The zero-order valence-electron chi connectivity index (χ0n) is 13.6. The van der Waals surface area contributed by atoms with Crippen molar-refractivity contribution in [3.63, 3.8) is 0 Å². The van der Waals surface area contributed by atoms with E-state index in [4.69, 9.17) is 44.3 Å². The van der Waals surface area contributed by atoms with E-state index < -0.39 is 0 Å². The maximum absolute atomic E-state index is 6.34. The van der Waals surface area contributed by atoms with Gasteiger partial charge in [-0.25, -0.2) is 0 Å². The van der Waals surface area contributed by atoms with Crippen LogP contribution in [0.15, 0.2) is 35.3 Å². The van der Waals surface area contributed by atoms with Gasteiger partial charge in [-0.05, 0) is 43.2 Å². The predicted molar refractivity (Wildman–Crippen MR) is 102 cm³/mol. The Balaban J connectivity index is 2.33. The summed E-state index contributed by atoms with van der Waals surface area (Å²) in [5.41, 5.74) is 1.35. The lowest BCUT2D eigenvalue weighted by atomic mass is 10.2. The maximum Gasteiger partial charge on any atom is 0.180 e. The van der Waals surface area contributed by atoms with Crippen LogP contribution in [0.4, 0.5) is 5.69 Å². The Hall–Kier alpha value is -1.42. The van der Waals surface area contributed by atoms with E-state index >= 15 is 0 Å². The highest BCUT2D eigenvalue weighted by Crippen LogP contribution is 2.37. The molecule has 2 rings (SSSR count). The van der Waals surface area contributed by atoms with E-state index in [1.54, 1.807) is 37.6 Å². The molecule has 0 aliphatic rings. The second-order valence-electron chi connectivity index (χ2n) is 5.20. The summed E-state index contributed by atoms with van der Waals surface area (Å²) in [6.45, 7) is 4.02. The Labute approximate surface area is 157 Å². The fourth-order valence-corrected chi connectivity index (χ4v) is 2.56. The van der Waals surface area contributed by atoms with E-state index in [1.807, 2.05) is 19.9 Å². The van der Waals surface area contributed by atoms with Gasteiger partial charge in [0, 0.05) is 6.21 Å². The van der Waals surface area contributed by atoms with Gasteiger partial charge >= 0.3 is 0 Å². The molecule has 0 fully saturated rings. The molecule has 0 saturated carbocycles. The van der Waals surface area contributed by atoms with Crippen LogP contribution >= 0.6 is 34.8 Å². The van der Waals surface area contributed by atoms with Crippen LogP contribution in [0.5, 0.6) is 11.5 Å². The number of aliphatic imine (C=N–C) groups is 1. The summed E-state index contributed by atoms with van der Waals surface area (Å²) in [7, 11) is 1.57. The minimum atomic E-state index is 0.0428. The molecular formula is C18H18Cl3NO2. The summed E-state index contributed by atoms with van der Waals surface area (Å²) in [6, 6.07) is 8.86. The molecule has 2 aromatic carbocycles. The molecule has 0 aromatic heterocycles. The molecule has 0 aliphatic carbocycles. The highest BCUT2D eigenvalue weighted by molar-refractivity contribution is 6.43. The lowest BCUT2D eigenvalue weighted by molar-refractivity contribution is 0.208. The van der Waals surface area contributed by atoms with Crippen LogP contribution in [-0.4, -0.2) is 19.4 Å². The zero-order chi connectivity index (χ0) is 17.7. The first-order valence-corrected chi connectivity index (χ1v) is 8.61. The number of halogens is 3. The fraction of sp³-hybridized carbons (Fsp3) is 0.278. The monoisotopic (exact) mass is 385 g/mol. The molecule has 0 aliphatic heterocycles. The minimum absolute atomic E-state index is 0.0428. The summed E-state index contributed by atoms with van der Waals surface area (Å²) < 4.78 is 11.2. The molecule has 2 aromatic rings. The van der Waals surface area contributed by atoms with E-state index in [2.05, 4.69) is 4.99 Å². The van der Waals surface area contributed by atoms with E-state index in [0.717, 1.165) is 12.0 Å². The van der Waals surface area contributed by atoms with E-state index in [-0.39, 0.29) is 6.10 Å². The van der Waals surface area contributed by atoms with Crippen LogP contribution in [0.25, 0.3) is 0 Å².